The fraction of sp³-hybridized carbons (Fsp3) is 0.727. The van der Waals surface area contributed by atoms with Crippen LogP contribution < -0.4 is 5.32 Å². The summed E-state index contributed by atoms with van der Waals surface area (Å²) in [5.41, 5.74) is 0. The molecule has 0 unspecified atom stereocenters. The Morgan fingerprint density at radius 3 is 2.93 bits per heavy atom. The van der Waals surface area contributed by atoms with Crippen LogP contribution in [0.2, 0.25) is 0 Å². The molecule has 4 nitrogen and oxygen atoms in total. The average Bonchev–Trinajstić information content (AvgIpc) is 2.63. The average molecular weight is 211 g/mol. The maximum atomic E-state index is 4.98. The fourth-order valence-corrected chi connectivity index (χ4v) is 1.46. The van der Waals surface area contributed by atoms with Crippen LogP contribution in [0.15, 0.2) is 12.4 Å². The van der Waals surface area contributed by atoms with Gasteiger partial charge in [-0.1, -0.05) is 0 Å². The number of hydrogen-bond acceptors (Lipinski definition) is 3. The maximum absolute atomic E-state index is 4.98. The van der Waals surface area contributed by atoms with E-state index in [4.69, 9.17) is 4.74 Å². The van der Waals surface area contributed by atoms with Crippen LogP contribution in [0.5, 0.6) is 0 Å². The molecule has 0 aliphatic rings. The van der Waals surface area contributed by atoms with Gasteiger partial charge in [0.05, 0.1) is 0 Å². The summed E-state index contributed by atoms with van der Waals surface area (Å²) < 4.78 is 7.04. The van der Waals surface area contributed by atoms with E-state index in [1.807, 2.05) is 19.4 Å². The Hall–Kier alpha value is -0.870. The first-order valence-electron chi connectivity index (χ1n) is 5.50. The molecule has 0 aliphatic carbocycles. The monoisotopic (exact) mass is 211 g/mol. The number of aryl methyl sites for hydroxylation is 1. The van der Waals surface area contributed by atoms with Crippen LogP contribution in [-0.4, -0.2) is 36.4 Å². The molecule has 4 heteroatoms. The second kappa shape index (κ2) is 7.43. The largest absolute Gasteiger partial charge is 0.385 e. The number of ether oxygens (including phenoxy) is 1. The first-order chi connectivity index (χ1) is 7.34. The van der Waals surface area contributed by atoms with E-state index in [1.165, 1.54) is 6.42 Å². The van der Waals surface area contributed by atoms with Crippen LogP contribution >= 0.6 is 0 Å². The van der Waals surface area contributed by atoms with Crippen LogP contribution in [-0.2, 0) is 18.2 Å². The predicted molar refractivity (Wildman–Crippen MR) is 60.9 cm³/mol. The van der Waals surface area contributed by atoms with Crippen molar-refractivity contribution in [3.05, 3.63) is 18.2 Å². The molecule has 0 amide bonds. The Balaban J connectivity index is 1.96. The standard InChI is InChI=1S/C11H21N3O/c1-14-9-8-13-11(14)5-7-12-6-3-4-10-15-2/h8-9,12H,3-7,10H2,1-2H3. The molecule has 0 radical (unpaired) electrons. The molecule has 1 N–H and O–H groups in total. The number of hydrogen-bond donors (Lipinski definition) is 1. The quantitative estimate of drug-likeness (QED) is 0.651. The third-order valence-electron chi connectivity index (χ3n) is 2.40. The van der Waals surface area contributed by atoms with Gasteiger partial charge >= 0.3 is 0 Å². The molecular formula is C11H21N3O. The van der Waals surface area contributed by atoms with Gasteiger partial charge in [0.25, 0.3) is 0 Å². The molecule has 1 aromatic heterocycles. The number of nitrogens with one attached hydrogen (secondary N) is 1. The van der Waals surface area contributed by atoms with E-state index >= 15 is 0 Å². The van der Waals surface area contributed by atoms with E-state index in [0.717, 1.165) is 38.4 Å². The molecule has 0 bridgehead atoms. The summed E-state index contributed by atoms with van der Waals surface area (Å²) in [5, 5.41) is 3.40. The molecule has 0 aliphatic heterocycles. The zero-order chi connectivity index (χ0) is 10.9. The van der Waals surface area contributed by atoms with E-state index < -0.39 is 0 Å². The third kappa shape index (κ3) is 4.95. The number of rotatable bonds is 8. The van der Waals surface area contributed by atoms with Crippen molar-refractivity contribution in [1.82, 2.24) is 14.9 Å². The highest BCUT2D eigenvalue weighted by Gasteiger charge is 1.97. The van der Waals surface area contributed by atoms with Crippen LogP contribution in [0.25, 0.3) is 0 Å². The zero-order valence-electron chi connectivity index (χ0n) is 9.70. The van der Waals surface area contributed by atoms with Gasteiger partial charge in [-0.3, -0.25) is 0 Å². The second-order valence-corrected chi connectivity index (χ2v) is 3.65. The number of aromatic nitrogens is 2. The predicted octanol–water partition coefficient (Wildman–Crippen LogP) is 0.979. The van der Waals surface area contributed by atoms with Gasteiger partial charge in [0.2, 0.25) is 0 Å². The summed E-state index contributed by atoms with van der Waals surface area (Å²) in [5.74, 6) is 1.14. The summed E-state index contributed by atoms with van der Waals surface area (Å²) in [6.45, 7) is 2.92. The van der Waals surface area contributed by atoms with Crippen molar-refractivity contribution >= 4 is 0 Å². The van der Waals surface area contributed by atoms with Crippen molar-refractivity contribution in [3.8, 4) is 0 Å². The van der Waals surface area contributed by atoms with E-state index in [0.29, 0.717) is 0 Å². The first-order valence-corrected chi connectivity index (χ1v) is 5.50. The molecule has 0 saturated carbocycles. The lowest BCUT2D eigenvalue weighted by Crippen LogP contribution is -2.20. The number of methoxy groups -OCH3 is 1. The lowest BCUT2D eigenvalue weighted by atomic mass is 10.3. The summed E-state index contributed by atoms with van der Waals surface area (Å²) in [6.07, 6.45) is 7.12. The van der Waals surface area contributed by atoms with Crippen LogP contribution in [0.4, 0.5) is 0 Å². The highest BCUT2D eigenvalue weighted by atomic mass is 16.5. The van der Waals surface area contributed by atoms with Crippen molar-refractivity contribution in [2.24, 2.45) is 7.05 Å². The van der Waals surface area contributed by atoms with Crippen molar-refractivity contribution in [2.45, 2.75) is 19.3 Å². The Morgan fingerprint density at radius 2 is 2.27 bits per heavy atom. The van der Waals surface area contributed by atoms with Gasteiger partial charge in [0.15, 0.2) is 0 Å². The van der Waals surface area contributed by atoms with Crippen LogP contribution in [0, 0.1) is 0 Å². The minimum atomic E-state index is 0.862. The molecule has 1 heterocycles. The smallest absolute Gasteiger partial charge is 0.109 e. The van der Waals surface area contributed by atoms with Gasteiger partial charge in [-0.15, -0.1) is 0 Å². The molecule has 86 valence electrons. The minimum Gasteiger partial charge on any atom is -0.385 e. The van der Waals surface area contributed by atoms with Crippen molar-refractivity contribution in [1.29, 1.82) is 0 Å². The lowest BCUT2D eigenvalue weighted by Gasteiger charge is -2.04. The fourth-order valence-electron chi connectivity index (χ4n) is 1.46. The molecule has 1 rings (SSSR count). The van der Waals surface area contributed by atoms with Crippen LogP contribution in [0.1, 0.15) is 18.7 Å². The number of nitrogens with zero attached hydrogens (tertiary/aromatic N) is 2. The first kappa shape index (κ1) is 12.2. The molecule has 15 heavy (non-hydrogen) atoms. The lowest BCUT2D eigenvalue weighted by molar-refractivity contribution is 0.192. The Bertz CT molecular complexity index is 260. The minimum absolute atomic E-state index is 0.862. The van der Waals surface area contributed by atoms with Gasteiger partial charge in [0, 0.05) is 46.1 Å². The zero-order valence-corrected chi connectivity index (χ0v) is 9.70. The van der Waals surface area contributed by atoms with E-state index in [-0.39, 0.29) is 0 Å². The highest BCUT2D eigenvalue weighted by Crippen LogP contribution is 1.94. The van der Waals surface area contributed by atoms with Crippen molar-refractivity contribution in [2.75, 3.05) is 26.8 Å². The SMILES string of the molecule is COCCCCNCCc1nccn1C. The van der Waals surface area contributed by atoms with Gasteiger partial charge < -0.3 is 14.6 Å². The van der Waals surface area contributed by atoms with Crippen molar-refractivity contribution in [3.63, 3.8) is 0 Å². The van der Waals surface area contributed by atoms with E-state index in [1.54, 1.807) is 7.11 Å². The van der Waals surface area contributed by atoms with Gasteiger partial charge in [-0.05, 0) is 19.4 Å². The highest BCUT2D eigenvalue weighted by molar-refractivity contribution is 4.91. The van der Waals surface area contributed by atoms with Gasteiger partial charge in [-0.2, -0.15) is 0 Å². The van der Waals surface area contributed by atoms with Gasteiger partial charge in [0.1, 0.15) is 5.82 Å². The summed E-state index contributed by atoms with van der Waals surface area (Å²) in [6, 6.07) is 0. The molecule has 0 atom stereocenters. The van der Waals surface area contributed by atoms with Gasteiger partial charge in [-0.25, -0.2) is 4.98 Å². The Morgan fingerprint density at radius 1 is 1.40 bits per heavy atom. The molecule has 0 spiro atoms. The van der Waals surface area contributed by atoms with E-state index in [2.05, 4.69) is 14.9 Å². The molecule has 0 aromatic carbocycles. The molecular weight excluding hydrogens is 190 g/mol. The number of unbranched alkanes of at least 4 members (excludes halogenated alkanes) is 1. The van der Waals surface area contributed by atoms with Crippen LogP contribution in [0.3, 0.4) is 0 Å². The maximum Gasteiger partial charge on any atom is 0.109 e. The summed E-state index contributed by atoms with van der Waals surface area (Å²) in [7, 11) is 3.77. The topological polar surface area (TPSA) is 39.1 Å². The Labute approximate surface area is 91.7 Å². The van der Waals surface area contributed by atoms with E-state index in [9.17, 15) is 0 Å². The second-order valence-electron chi connectivity index (χ2n) is 3.65. The normalized spacial score (nSPS) is 10.8. The van der Waals surface area contributed by atoms with Crippen molar-refractivity contribution < 1.29 is 4.74 Å². The molecule has 1 aromatic rings. The summed E-state index contributed by atoms with van der Waals surface area (Å²) in [4.78, 5) is 4.27. The molecule has 0 saturated heterocycles. The Kier molecular flexibility index (Phi) is 6.04. The number of imidazole rings is 1. The summed E-state index contributed by atoms with van der Waals surface area (Å²) >= 11 is 0. The molecule has 0 fully saturated rings. The third-order valence-corrected chi connectivity index (χ3v) is 2.40.